The molecule has 1 aromatic heterocycles. The molecule has 1 rings (SSSR count). The lowest BCUT2D eigenvalue weighted by molar-refractivity contribution is -0.386. The number of rotatable bonds is 2. The quantitative estimate of drug-likeness (QED) is 0.541. The van der Waals surface area contributed by atoms with Crippen molar-refractivity contribution in [2.45, 2.75) is 13.5 Å². The van der Waals surface area contributed by atoms with Gasteiger partial charge in [-0.25, -0.2) is 4.57 Å². The third-order valence-electron chi connectivity index (χ3n) is 1.69. The Bertz CT molecular complexity index is 427. The zero-order valence-electron chi connectivity index (χ0n) is 7.11. The van der Waals surface area contributed by atoms with Crippen molar-refractivity contribution in [1.82, 2.24) is 4.57 Å². The predicted molar refractivity (Wildman–Crippen MR) is 43.3 cm³/mol. The lowest BCUT2D eigenvalue weighted by Gasteiger charge is -2.06. The van der Waals surface area contributed by atoms with E-state index < -0.39 is 22.7 Å². The van der Waals surface area contributed by atoms with Gasteiger partial charge in [0.25, 0.3) is 0 Å². The van der Waals surface area contributed by atoms with Crippen LogP contribution in [-0.4, -0.2) is 9.49 Å². The summed E-state index contributed by atoms with van der Waals surface area (Å²) in [6.45, 7) is -1.79. The molecule has 0 aliphatic rings. The minimum absolute atomic E-state index is 0.0180. The summed E-state index contributed by atoms with van der Waals surface area (Å²) < 4.78 is 24.6. The molecule has 1 aromatic rings. The van der Waals surface area contributed by atoms with Crippen LogP contribution in [0.4, 0.5) is 14.5 Å². The molecule has 76 valence electrons. The first kappa shape index (κ1) is 10.3. The summed E-state index contributed by atoms with van der Waals surface area (Å²) in [5, 5.41) is 10.3. The van der Waals surface area contributed by atoms with Gasteiger partial charge in [-0.3, -0.25) is 14.9 Å². The minimum atomic E-state index is -3.07. The van der Waals surface area contributed by atoms with Crippen LogP contribution >= 0.6 is 0 Å². The maximum atomic E-state index is 12.3. The van der Waals surface area contributed by atoms with Crippen LogP contribution in [-0.2, 0) is 0 Å². The van der Waals surface area contributed by atoms with E-state index in [2.05, 4.69) is 0 Å². The van der Waals surface area contributed by atoms with Crippen LogP contribution in [0.1, 0.15) is 12.2 Å². The van der Waals surface area contributed by atoms with E-state index in [1.807, 2.05) is 0 Å². The molecule has 7 heteroatoms. The van der Waals surface area contributed by atoms with Gasteiger partial charge in [0.05, 0.1) is 4.92 Å². The van der Waals surface area contributed by atoms with Gasteiger partial charge in [0.15, 0.2) is 0 Å². The van der Waals surface area contributed by atoms with E-state index in [9.17, 15) is 23.7 Å². The van der Waals surface area contributed by atoms with Crippen LogP contribution in [0.3, 0.4) is 0 Å². The number of nitrogens with zero attached hydrogens (tertiary/aromatic N) is 2. The van der Waals surface area contributed by atoms with Gasteiger partial charge in [-0.05, 0) is 13.0 Å². The van der Waals surface area contributed by atoms with Gasteiger partial charge < -0.3 is 0 Å². The average molecular weight is 204 g/mol. The molecule has 14 heavy (non-hydrogen) atoms. The number of pyridine rings is 1. The molecule has 0 fully saturated rings. The Morgan fingerprint density at radius 2 is 2.07 bits per heavy atom. The summed E-state index contributed by atoms with van der Waals surface area (Å²) in [5.41, 5.74) is -2.16. The van der Waals surface area contributed by atoms with Crippen LogP contribution in [0.2, 0.25) is 0 Å². The van der Waals surface area contributed by atoms with Crippen LogP contribution < -0.4 is 5.56 Å². The van der Waals surface area contributed by atoms with Crippen molar-refractivity contribution >= 4 is 5.69 Å². The van der Waals surface area contributed by atoms with E-state index in [-0.39, 0.29) is 10.3 Å². The molecule has 0 aliphatic carbocycles. The van der Waals surface area contributed by atoms with Gasteiger partial charge in [-0.2, -0.15) is 8.78 Å². The van der Waals surface area contributed by atoms with Crippen molar-refractivity contribution in [3.8, 4) is 0 Å². The molecule has 0 N–H and O–H groups in total. The molecule has 5 nitrogen and oxygen atoms in total. The highest BCUT2D eigenvalue weighted by Crippen LogP contribution is 2.13. The van der Waals surface area contributed by atoms with Crippen LogP contribution in [0.15, 0.2) is 16.9 Å². The number of aryl methyl sites for hydroxylation is 1. The largest absolute Gasteiger partial charge is 0.334 e. The second-order valence-electron chi connectivity index (χ2n) is 2.57. The van der Waals surface area contributed by atoms with Gasteiger partial charge in [-0.1, -0.05) is 0 Å². The highest BCUT2D eigenvalue weighted by molar-refractivity contribution is 5.28. The Kier molecular flexibility index (Phi) is 2.59. The SMILES string of the molecule is Cc1ccc([N+](=O)[O-])c(=O)n1C(F)F. The van der Waals surface area contributed by atoms with E-state index in [0.29, 0.717) is 0 Å². The van der Waals surface area contributed by atoms with E-state index in [4.69, 9.17) is 0 Å². The smallest absolute Gasteiger partial charge is 0.261 e. The molecular weight excluding hydrogens is 198 g/mol. The van der Waals surface area contributed by atoms with Crippen LogP contribution in [0.5, 0.6) is 0 Å². The Morgan fingerprint density at radius 1 is 1.50 bits per heavy atom. The molecule has 0 radical (unpaired) electrons. The second-order valence-corrected chi connectivity index (χ2v) is 2.57. The number of hydrogen-bond donors (Lipinski definition) is 0. The van der Waals surface area contributed by atoms with Crippen molar-refractivity contribution in [2.75, 3.05) is 0 Å². The Morgan fingerprint density at radius 3 is 2.50 bits per heavy atom. The van der Waals surface area contributed by atoms with Gasteiger partial charge in [0.2, 0.25) is 0 Å². The van der Waals surface area contributed by atoms with Crippen molar-refractivity contribution in [3.05, 3.63) is 38.3 Å². The summed E-state index contributed by atoms with van der Waals surface area (Å²) in [4.78, 5) is 20.4. The molecule has 0 bridgehead atoms. The van der Waals surface area contributed by atoms with Crippen molar-refractivity contribution in [3.63, 3.8) is 0 Å². The average Bonchev–Trinajstić information content (AvgIpc) is 2.02. The number of halogens is 2. The number of aromatic nitrogens is 1. The fourth-order valence-corrected chi connectivity index (χ4v) is 1.02. The van der Waals surface area contributed by atoms with E-state index in [0.717, 1.165) is 12.1 Å². The fourth-order valence-electron chi connectivity index (χ4n) is 1.02. The molecule has 0 amide bonds. The summed E-state index contributed by atoms with van der Waals surface area (Å²) in [6, 6.07) is 2.02. The Hall–Kier alpha value is -1.79. The summed E-state index contributed by atoms with van der Waals surface area (Å²) in [7, 11) is 0. The number of hydrogen-bond acceptors (Lipinski definition) is 3. The monoisotopic (exact) mass is 204 g/mol. The molecule has 0 unspecified atom stereocenters. The number of alkyl halides is 2. The molecule has 0 saturated heterocycles. The Balaban J connectivity index is 3.50. The van der Waals surface area contributed by atoms with Gasteiger partial charge in [0.1, 0.15) is 0 Å². The molecule has 0 aromatic carbocycles. The topological polar surface area (TPSA) is 65.1 Å². The van der Waals surface area contributed by atoms with E-state index in [1.54, 1.807) is 0 Å². The maximum absolute atomic E-state index is 12.3. The summed E-state index contributed by atoms with van der Waals surface area (Å²) >= 11 is 0. The normalized spacial score (nSPS) is 10.6. The minimum Gasteiger partial charge on any atom is -0.261 e. The van der Waals surface area contributed by atoms with Gasteiger partial charge in [-0.15, -0.1) is 0 Å². The predicted octanol–water partition coefficient (Wildman–Crippen LogP) is 1.46. The zero-order valence-corrected chi connectivity index (χ0v) is 7.11. The third-order valence-corrected chi connectivity index (χ3v) is 1.69. The first-order valence-electron chi connectivity index (χ1n) is 3.60. The lowest BCUT2D eigenvalue weighted by atomic mass is 10.3. The summed E-state index contributed by atoms with van der Waals surface area (Å²) in [6.07, 6.45) is 0. The standard InChI is InChI=1S/C7H6F2N2O3/c1-4-2-3-5(11(13)14)6(12)10(4)7(8)9/h2-3,7H,1H3. The molecule has 1 heterocycles. The third kappa shape index (κ3) is 1.61. The fraction of sp³-hybridized carbons (Fsp3) is 0.286. The van der Waals surface area contributed by atoms with E-state index >= 15 is 0 Å². The summed E-state index contributed by atoms with van der Waals surface area (Å²) in [5.74, 6) is 0. The molecule has 0 saturated carbocycles. The first-order chi connectivity index (χ1) is 6.45. The van der Waals surface area contributed by atoms with Crippen LogP contribution in [0.25, 0.3) is 0 Å². The second kappa shape index (κ2) is 3.52. The zero-order chi connectivity index (χ0) is 10.9. The van der Waals surface area contributed by atoms with Crippen molar-refractivity contribution in [1.29, 1.82) is 0 Å². The first-order valence-corrected chi connectivity index (χ1v) is 3.60. The molecule has 0 aliphatic heterocycles. The van der Waals surface area contributed by atoms with E-state index in [1.165, 1.54) is 6.92 Å². The van der Waals surface area contributed by atoms with Gasteiger partial charge in [0, 0.05) is 11.8 Å². The van der Waals surface area contributed by atoms with Crippen molar-refractivity contribution in [2.24, 2.45) is 0 Å². The van der Waals surface area contributed by atoms with Crippen molar-refractivity contribution < 1.29 is 13.7 Å². The number of nitro groups is 1. The van der Waals surface area contributed by atoms with Crippen LogP contribution in [0, 0.1) is 17.0 Å². The highest BCUT2D eigenvalue weighted by Gasteiger charge is 2.19. The molecule has 0 spiro atoms. The highest BCUT2D eigenvalue weighted by atomic mass is 19.3. The Labute approximate surface area is 76.7 Å². The lowest BCUT2D eigenvalue weighted by Crippen LogP contribution is -2.24. The molecule has 0 atom stereocenters. The maximum Gasteiger partial charge on any atom is 0.334 e. The molecular formula is C7H6F2N2O3. The van der Waals surface area contributed by atoms with Gasteiger partial charge >= 0.3 is 17.8 Å².